The maximum absolute atomic E-state index is 9.35. The normalized spacial score (nSPS) is 10.3. The van der Waals surface area contributed by atoms with Gasteiger partial charge < -0.3 is 5.11 Å². The molecule has 0 radical (unpaired) electrons. The highest BCUT2D eigenvalue weighted by atomic mass is 127. The van der Waals surface area contributed by atoms with Gasteiger partial charge in [-0.2, -0.15) is 5.26 Å². The van der Waals surface area contributed by atoms with Gasteiger partial charge in [0.15, 0.2) is 5.06 Å². The van der Waals surface area contributed by atoms with Gasteiger partial charge in [0, 0.05) is 3.57 Å². The van der Waals surface area contributed by atoms with E-state index in [1.54, 1.807) is 6.07 Å². The Labute approximate surface area is 98.9 Å². The molecule has 0 amide bonds. The van der Waals surface area contributed by atoms with Crippen LogP contribution in [0.4, 0.5) is 0 Å². The topological polar surface area (TPSA) is 44.0 Å². The van der Waals surface area contributed by atoms with Crippen LogP contribution in [0.3, 0.4) is 0 Å². The van der Waals surface area contributed by atoms with Crippen molar-refractivity contribution in [3.05, 3.63) is 27.3 Å². The van der Waals surface area contributed by atoms with Crippen LogP contribution in [0.1, 0.15) is 5.56 Å². The fourth-order valence-corrected chi connectivity index (χ4v) is 3.19. The van der Waals surface area contributed by atoms with Crippen LogP contribution >= 0.6 is 33.9 Å². The van der Waals surface area contributed by atoms with Crippen molar-refractivity contribution in [3.63, 3.8) is 0 Å². The molecule has 0 aliphatic rings. The Balaban J connectivity index is 2.69. The van der Waals surface area contributed by atoms with E-state index in [9.17, 15) is 5.11 Å². The Morgan fingerprint density at radius 2 is 2.29 bits per heavy atom. The van der Waals surface area contributed by atoms with Gasteiger partial charge in [-0.25, -0.2) is 0 Å². The van der Waals surface area contributed by atoms with Crippen molar-refractivity contribution in [1.82, 2.24) is 0 Å². The number of aromatic hydroxyl groups is 1. The summed E-state index contributed by atoms with van der Waals surface area (Å²) in [6.45, 7) is 0. The molecule has 2 rings (SSSR count). The summed E-state index contributed by atoms with van der Waals surface area (Å²) in [6, 6.07) is 7.77. The van der Waals surface area contributed by atoms with Crippen molar-refractivity contribution in [2.45, 2.75) is 6.42 Å². The summed E-state index contributed by atoms with van der Waals surface area (Å²) in [7, 11) is 0. The van der Waals surface area contributed by atoms with Gasteiger partial charge in [0.1, 0.15) is 0 Å². The summed E-state index contributed by atoms with van der Waals surface area (Å²) >= 11 is 3.58. The van der Waals surface area contributed by atoms with E-state index in [1.807, 2.05) is 12.1 Å². The maximum Gasteiger partial charge on any atom is 0.172 e. The molecule has 0 aliphatic heterocycles. The minimum atomic E-state index is 0.326. The van der Waals surface area contributed by atoms with Gasteiger partial charge in [0.2, 0.25) is 0 Å². The molecule has 1 N–H and O–H groups in total. The molecule has 0 spiro atoms. The third-order valence-corrected chi connectivity index (χ3v) is 4.53. The molecule has 0 saturated heterocycles. The second-order valence-corrected chi connectivity index (χ2v) is 4.99. The van der Waals surface area contributed by atoms with Crippen LogP contribution in [0.2, 0.25) is 0 Å². The first kappa shape index (κ1) is 9.74. The van der Waals surface area contributed by atoms with E-state index in [-0.39, 0.29) is 0 Å². The maximum atomic E-state index is 9.35. The summed E-state index contributed by atoms with van der Waals surface area (Å²) in [5, 5.41) is 19.3. The lowest BCUT2D eigenvalue weighted by Gasteiger charge is -1.99. The van der Waals surface area contributed by atoms with Crippen molar-refractivity contribution in [2.24, 2.45) is 0 Å². The molecule has 70 valence electrons. The number of rotatable bonds is 1. The highest BCUT2D eigenvalue weighted by Crippen LogP contribution is 2.35. The smallest absolute Gasteiger partial charge is 0.172 e. The molecule has 0 aliphatic carbocycles. The molecule has 0 saturated carbocycles. The zero-order valence-electron chi connectivity index (χ0n) is 7.12. The first-order chi connectivity index (χ1) is 6.72. The summed E-state index contributed by atoms with van der Waals surface area (Å²) in [6.07, 6.45) is 0.423. The molecular weight excluding hydrogens is 309 g/mol. The van der Waals surface area contributed by atoms with E-state index in [4.69, 9.17) is 5.26 Å². The number of nitrogens with zero attached hydrogens (tertiary/aromatic N) is 1. The van der Waals surface area contributed by atoms with Crippen molar-refractivity contribution in [2.75, 3.05) is 0 Å². The molecule has 2 nitrogen and oxygen atoms in total. The Hall–Kier alpha value is -0.800. The van der Waals surface area contributed by atoms with Crippen molar-refractivity contribution < 1.29 is 5.11 Å². The zero-order valence-corrected chi connectivity index (χ0v) is 10.1. The molecule has 14 heavy (non-hydrogen) atoms. The van der Waals surface area contributed by atoms with Crippen molar-refractivity contribution >= 4 is 44.0 Å². The monoisotopic (exact) mass is 315 g/mol. The lowest BCUT2D eigenvalue weighted by molar-refractivity contribution is 0.491. The SMILES string of the molecule is N#CCc1ccc2cc(O)sc2c1I. The average molecular weight is 315 g/mol. The van der Waals surface area contributed by atoms with E-state index in [0.717, 1.165) is 19.2 Å². The minimum Gasteiger partial charge on any atom is -0.499 e. The van der Waals surface area contributed by atoms with Gasteiger partial charge in [-0.1, -0.05) is 23.5 Å². The van der Waals surface area contributed by atoms with Gasteiger partial charge in [-0.3, -0.25) is 0 Å². The number of fused-ring (bicyclic) bond motifs is 1. The minimum absolute atomic E-state index is 0.326. The highest BCUT2D eigenvalue weighted by molar-refractivity contribution is 14.1. The molecule has 4 heteroatoms. The largest absolute Gasteiger partial charge is 0.499 e. The van der Waals surface area contributed by atoms with Crippen LogP contribution in [-0.4, -0.2) is 5.11 Å². The van der Waals surface area contributed by atoms with Crippen molar-refractivity contribution in [3.8, 4) is 11.1 Å². The summed E-state index contributed by atoms with van der Waals surface area (Å²) in [4.78, 5) is 0. The zero-order chi connectivity index (χ0) is 10.1. The molecule has 1 aromatic carbocycles. The first-order valence-corrected chi connectivity index (χ1v) is 5.88. The van der Waals surface area contributed by atoms with Crippen LogP contribution in [0, 0.1) is 14.9 Å². The molecular formula is C10H6INOS. The van der Waals surface area contributed by atoms with E-state index < -0.39 is 0 Å². The summed E-state index contributed by atoms with van der Waals surface area (Å²) in [5.41, 5.74) is 1.03. The predicted molar refractivity (Wildman–Crippen MR) is 65.5 cm³/mol. The van der Waals surface area contributed by atoms with Gasteiger partial charge in [0.25, 0.3) is 0 Å². The number of hydrogen-bond acceptors (Lipinski definition) is 3. The van der Waals surface area contributed by atoms with Crippen LogP contribution in [0.5, 0.6) is 5.06 Å². The molecule has 1 aromatic heterocycles. The second kappa shape index (κ2) is 3.75. The molecule has 0 fully saturated rings. The molecule has 0 bridgehead atoms. The fourth-order valence-electron chi connectivity index (χ4n) is 1.32. The standard InChI is InChI=1S/C10H6INOS/c11-9-6(3-4-12)1-2-7-5-8(13)14-10(7)9/h1-2,5,13H,3H2. The number of halogens is 1. The number of nitriles is 1. The number of hydrogen-bond donors (Lipinski definition) is 1. The van der Waals surface area contributed by atoms with Crippen LogP contribution in [0.25, 0.3) is 10.1 Å². The Morgan fingerprint density at radius 1 is 1.50 bits per heavy atom. The Morgan fingerprint density at radius 3 is 3.00 bits per heavy atom. The van der Waals surface area contributed by atoms with Crippen molar-refractivity contribution in [1.29, 1.82) is 5.26 Å². The lowest BCUT2D eigenvalue weighted by Crippen LogP contribution is -1.85. The van der Waals surface area contributed by atoms with Gasteiger partial charge in [-0.15, -0.1) is 0 Å². The Kier molecular flexibility index (Phi) is 2.61. The van der Waals surface area contributed by atoms with Crippen LogP contribution in [0.15, 0.2) is 18.2 Å². The van der Waals surface area contributed by atoms with Crippen LogP contribution in [-0.2, 0) is 6.42 Å². The van der Waals surface area contributed by atoms with E-state index in [2.05, 4.69) is 28.7 Å². The summed E-state index contributed by atoms with van der Waals surface area (Å²) in [5.74, 6) is 0. The van der Waals surface area contributed by atoms with E-state index in [0.29, 0.717) is 11.5 Å². The van der Waals surface area contributed by atoms with Gasteiger partial charge in [-0.05, 0) is 39.6 Å². The third kappa shape index (κ3) is 1.57. The van der Waals surface area contributed by atoms with E-state index in [1.165, 1.54) is 11.3 Å². The number of benzene rings is 1. The summed E-state index contributed by atoms with van der Waals surface area (Å²) < 4.78 is 2.14. The fraction of sp³-hybridized carbons (Fsp3) is 0.100. The number of thiophene rings is 1. The average Bonchev–Trinajstić information content (AvgIpc) is 2.52. The molecule has 0 unspecified atom stereocenters. The lowest BCUT2D eigenvalue weighted by atomic mass is 10.1. The Bertz CT molecular complexity index is 527. The predicted octanol–water partition coefficient (Wildman–Crippen LogP) is 3.28. The molecule has 1 heterocycles. The third-order valence-electron chi connectivity index (χ3n) is 1.96. The molecule has 0 atom stereocenters. The quantitative estimate of drug-likeness (QED) is 0.821. The van der Waals surface area contributed by atoms with E-state index >= 15 is 0 Å². The highest BCUT2D eigenvalue weighted by Gasteiger charge is 2.07. The first-order valence-electron chi connectivity index (χ1n) is 3.99. The van der Waals surface area contributed by atoms with Gasteiger partial charge >= 0.3 is 0 Å². The van der Waals surface area contributed by atoms with Crippen LogP contribution < -0.4 is 0 Å². The second-order valence-electron chi connectivity index (χ2n) is 2.88. The molecule has 2 aromatic rings. The van der Waals surface area contributed by atoms with Gasteiger partial charge in [0.05, 0.1) is 17.2 Å².